The first-order valence-electron chi connectivity index (χ1n) is 11.4. The maximum atomic E-state index is 2.52. The average Bonchev–Trinajstić information content (AvgIpc) is 2.74. The van der Waals surface area contributed by atoms with Gasteiger partial charge in [0, 0.05) is 0 Å². The first kappa shape index (κ1) is 23.3. The Labute approximate surface area is 178 Å². The SMILES string of the molecule is CCC[CH2][Sn]([CH2]CCC)([CH2]CCC)[c]1ccc(-c2ccc(N(C)C)cc2)cc1. The average molecular weight is 486 g/mol. The Balaban J connectivity index is 2.29. The van der Waals surface area contributed by atoms with E-state index >= 15 is 0 Å². The van der Waals surface area contributed by atoms with Crippen LogP contribution >= 0.6 is 0 Å². The van der Waals surface area contributed by atoms with E-state index in [1.165, 1.54) is 55.3 Å². The van der Waals surface area contributed by atoms with E-state index in [4.69, 9.17) is 0 Å². The number of hydrogen-bond donors (Lipinski definition) is 0. The van der Waals surface area contributed by atoms with Gasteiger partial charge in [0.1, 0.15) is 0 Å². The van der Waals surface area contributed by atoms with Crippen molar-refractivity contribution < 1.29 is 0 Å². The first-order valence-corrected chi connectivity index (χ1v) is 18.9. The van der Waals surface area contributed by atoms with E-state index in [2.05, 4.69) is 88.3 Å². The molecule has 2 heteroatoms. The van der Waals surface area contributed by atoms with Crippen LogP contribution in [0.3, 0.4) is 0 Å². The van der Waals surface area contributed by atoms with Gasteiger partial charge in [-0.15, -0.1) is 0 Å². The molecule has 0 saturated carbocycles. The van der Waals surface area contributed by atoms with E-state index in [-0.39, 0.29) is 0 Å². The van der Waals surface area contributed by atoms with Gasteiger partial charge in [-0.3, -0.25) is 0 Å². The zero-order chi connectivity index (χ0) is 20.4. The molecule has 0 amide bonds. The number of rotatable bonds is 12. The van der Waals surface area contributed by atoms with Gasteiger partial charge in [-0.05, 0) is 0 Å². The third kappa shape index (κ3) is 6.27. The van der Waals surface area contributed by atoms with Crippen molar-refractivity contribution in [3.63, 3.8) is 0 Å². The summed E-state index contributed by atoms with van der Waals surface area (Å²) in [5.41, 5.74) is 3.94. The van der Waals surface area contributed by atoms with Gasteiger partial charge in [-0.2, -0.15) is 0 Å². The molecule has 0 unspecified atom stereocenters. The summed E-state index contributed by atoms with van der Waals surface area (Å²) < 4.78 is 6.41. The van der Waals surface area contributed by atoms with Crippen LogP contribution in [0.1, 0.15) is 59.3 Å². The molecule has 0 aliphatic carbocycles. The van der Waals surface area contributed by atoms with Gasteiger partial charge in [0.05, 0.1) is 0 Å². The molecule has 2 rings (SSSR count). The van der Waals surface area contributed by atoms with E-state index in [9.17, 15) is 0 Å². The molecule has 28 heavy (non-hydrogen) atoms. The molecular formula is C26H41NSn. The van der Waals surface area contributed by atoms with Crippen LogP contribution in [0.2, 0.25) is 13.3 Å². The second-order valence-corrected chi connectivity index (χ2v) is 21.8. The molecule has 0 atom stereocenters. The molecule has 0 aliphatic heterocycles. The van der Waals surface area contributed by atoms with Crippen molar-refractivity contribution in [1.82, 2.24) is 0 Å². The van der Waals surface area contributed by atoms with Crippen molar-refractivity contribution in [2.24, 2.45) is 0 Å². The van der Waals surface area contributed by atoms with Crippen molar-refractivity contribution in [2.45, 2.75) is 72.6 Å². The summed E-state index contributed by atoms with van der Waals surface area (Å²) in [6.07, 6.45) is 8.31. The Hall–Kier alpha value is -0.961. The third-order valence-electron chi connectivity index (χ3n) is 6.24. The van der Waals surface area contributed by atoms with Gasteiger partial charge < -0.3 is 0 Å². The first-order chi connectivity index (χ1) is 13.6. The molecule has 154 valence electrons. The molecular weight excluding hydrogens is 445 g/mol. The number of unbranched alkanes of at least 4 members (excludes halogenated alkanes) is 3. The van der Waals surface area contributed by atoms with Crippen molar-refractivity contribution in [3.05, 3.63) is 48.5 Å². The Morgan fingerprint density at radius 2 is 1.00 bits per heavy atom. The van der Waals surface area contributed by atoms with Gasteiger partial charge in [0.2, 0.25) is 0 Å². The normalized spacial score (nSPS) is 11.6. The van der Waals surface area contributed by atoms with E-state index < -0.39 is 18.4 Å². The molecule has 1 nitrogen and oxygen atoms in total. The Morgan fingerprint density at radius 1 is 0.607 bits per heavy atom. The fourth-order valence-corrected chi connectivity index (χ4v) is 20.2. The summed E-state index contributed by atoms with van der Waals surface area (Å²) in [5, 5.41) is 0. The second kappa shape index (κ2) is 11.9. The van der Waals surface area contributed by atoms with Gasteiger partial charge >= 0.3 is 179 Å². The van der Waals surface area contributed by atoms with Crippen LogP contribution in [0.15, 0.2) is 48.5 Å². The predicted octanol–water partition coefficient (Wildman–Crippen LogP) is 7.48. The fraction of sp³-hybridized carbons (Fsp3) is 0.538. The molecule has 0 radical (unpaired) electrons. The van der Waals surface area contributed by atoms with E-state index in [0.29, 0.717) is 0 Å². The molecule has 0 fully saturated rings. The zero-order valence-electron chi connectivity index (χ0n) is 18.9. The minimum absolute atomic E-state index is 1.26. The number of nitrogens with zero attached hydrogens (tertiary/aromatic N) is 1. The molecule has 2 aromatic rings. The minimum atomic E-state index is -2.29. The zero-order valence-corrected chi connectivity index (χ0v) is 21.8. The van der Waals surface area contributed by atoms with Crippen LogP contribution in [-0.4, -0.2) is 32.5 Å². The standard InChI is InChI=1S/C14H14N.3C4H9.Sn/c1-15(2)14-10-8-13(9-11-14)12-6-4-3-5-7-12;3*1-3-4-2;/h4-11H,1-2H3;3*1,3-4H2,2H3;. The van der Waals surface area contributed by atoms with Crippen molar-refractivity contribution in [2.75, 3.05) is 19.0 Å². The molecule has 0 bridgehead atoms. The molecule has 0 heterocycles. The third-order valence-corrected chi connectivity index (χ3v) is 21.9. The summed E-state index contributed by atoms with van der Waals surface area (Å²) in [6.45, 7) is 7.07. The van der Waals surface area contributed by atoms with E-state index in [1.807, 2.05) is 0 Å². The van der Waals surface area contributed by atoms with Gasteiger partial charge in [-0.1, -0.05) is 0 Å². The van der Waals surface area contributed by atoms with E-state index in [0.717, 1.165) is 0 Å². The Bertz CT molecular complexity index is 651. The number of hydrogen-bond acceptors (Lipinski definition) is 1. The molecule has 0 N–H and O–H groups in total. The summed E-state index contributed by atoms with van der Waals surface area (Å²) >= 11 is -2.29. The molecule has 0 aromatic heterocycles. The van der Waals surface area contributed by atoms with Gasteiger partial charge in [-0.25, -0.2) is 0 Å². The Morgan fingerprint density at radius 3 is 1.36 bits per heavy atom. The van der Waals surface area contributed by atoms with Gasteiger partial charge in [0.25, 0.3) is 0 Å². The molecule has 0 spiro atoms. The molecule has 0 saturated heterocycles. The fourth-order valence-electron chi connectivity index (χ4n) is 4.32. The van der Waals surface area contributed by atoms with Crippen LogP contribution in [0.25, 0.3) is 11.1 Å². The second-order valence-electron chi connectivity index (χ2n) is 8.61. The Kier molecular flexibility index (Phi) is 9.91. The van der Waals surface area contributed by atoms with Crippen molar-refractivity contribution in [3.8, 4) is 11.1 Å². The van der Waals surface area contributed by atoms with Crippen molar-refractivity contribution in [1.29, 1.82) is 0 Å². The summed E-state index contributed by atoms with van der Waals surface area (Å²) in [7, 11) is 4.19. The van der Waals surface area contributed by atoms with Crippen LogP contribution in [0, 0.1) is 0 Å². The maximum absolute atomic E-state index is 2.52. The summed E-state index contributed by atoms with van der Waals surface area (Å²) in [6, 6.07) is 18.8. The quantitative estimate of drug-likeness (QED) is 0.281. The predicted molar refractivity (Wildman–Crippen MR) is 131 cm³/mol. The van der Waals surface area contributed by atoms with Crippen LogP contribution in [0.4, 0.5) is 5.69 Å². The monoisotopic (exact) mass is 487 g/mol. The van der Waals surface area contributed by atoms with Crippen LogP contribution < -0.4 is 8.48 Å². The van der Waals surface area contributed by atoms with Crippen LogP contribution in [0.5, 0.6) is 0 Å². The van der Waals surface area contributed by atoms with E-state index in [1.54, 1.807) is 16.9 Å². The summed E-state index contributed by atoms with van der Waals surface area (Å²) in [4.78, 5) is 2.16. The van der Waals surface area contributed by atoms with Crippen LogP contribution in [-0.2, 0) is 0 Å². The van der Waals surface area contributed by atoms with Crippen molar-refractivity contribution >= 4 is 27.6 Å². The molecule has 0 aliphatic rings. The number of anilines is 1. The topological polar surface area (TPSA) is 3.24 Å². The number of benzene rings is 2. The summed E-state index contributed by atoms with van der Waals surface area (Å²) in [5.74, 6) is 0. The molecule has 2 aromatic carbocycles. The van der Waals surface area contributed by atoms with Gasteiger partial charge in [0.15, 0.2) is 0 Å².